The average molecular weight is 738 g/mol. The van der Waals surface area contributed by atoms with Crippen molar-refractivity contribution in [1.29, 1.82) is 0 Å². The monoisotopic (exact) mass is 737 g/mol. The number of nitrogens with two attached hydrogens (primary N) is 1. The Bertz CT molecular complexity index is 1970. The molecule has 18 heteroatoms. The molecule has 0 saturated carbocycles. The Morgan fingerprint density at radius 2 is 1.72 bits per heavy atom. The maximum absolute atomic E-state index is 15.5. The van der Waals surface area contributed by atoms with Crippen LogP contribution >= 0.6 is 0 Å². The van der Waals surface area contributed by atoms with E-state index in [0.717, 1.165) is 25.5 Å². The van der Waals surface area contributed by atoms with Crippen molar-refractivity contribution in [1.82, 2.24) is 35.6 Å². The van der Waals surface area contributed by atoms with Gasteiger partial charge in [0.1, 0.15) is 11.9 Å². The molecule has 53 heavy (non-hydrogen) atoms. The molecule has 0 radical (unpaired) electrons. The van der Waals surface area contributed by atoms with Crippen LogP contribution in [0.15, 0.2) is 53.3 Å². The molecule has 14 nitrogen and oxygen atoms in total. The van der Waals surface area contributed by atoms with E-state index >= 15 is 4.39 Å². The lowest BCUT2D eigenvalue weighted by molar-refractivity contribution is -0.137. The number of rotatable bonds is 9. The van der Waals surface area contributed by atoms with E-state index in [0.29, 0.717) is 76.3 Å². The van der Waals surface area contributed by atoms with Gasteiger partial charge in [-0.15, -0.1) is 10.2 Å². The number of ether oxygens (including phenoxy) is 1. The van der Waals surface area contributed by atoms with Crippen LogP contribution in [0.1, 0.15) is 40.8 Å². The zero-order valence-electron chi connectivity index (χ0n) is 28.7. The van der Waals surface area contributed by atoms with Crippen molar-refractivity contribution < 1.29 is 27.1 Å². The van der Waals surface area contributed by atoms with E-state index in [4.69, 9.17) is 10.5 Å². The number of nitrogens with one attached hydrogen (secondary N) is 3. The van der Waals surface area contributed by atoms with Gasteiger partial charge in [0.2, 0.25) is 0 Å². The summed E-state index contributed by atoms with van der Waals surface area (Å²) in [4.78, 5) is 33.9. The second kappa shape index (κ2) is 15.4. The van der Waals surface area contributed by atoms with Gasteiger partial charge in [-0.05, 0) is 55.2 Å². The normalized spacial score (nSPS) is 19.0. The molecule has 2 aromatic carbocycles. The number of amides is 1. The van der Waals surface area contributed by atoms with Gasteiger partial charge in [-0.25, -0.2) is 14.5 Å². The molecule has 1 unspecified atom stereocenters. The summed E-state index contributed by atoms with van der Waals surface area (Å²) in [6, 6.07) is 11.5. The van der Waals surface area contributed by atoms with E-state index < -0.39 is 35.1 Å². The highest BCUT2D eigenvalue weighted by atomic mass is 19.4. The van der Waals surface area contributed by atoms with Crippen molar-refractivity contribution in [3.8, 4) is 11.3 Å². The second-order valence-corrected chi connectivity index (χ2v) is 13.3. The summed E-state index contributed by atoms with van der Waals surface area (Å²) >= 11 is 0. The quantitative estimate of drug-likeness (QED) is 0.185. The van der Waals surface area contributed by atoms with Gasteiger partial charge < -0.3 is 30.9 Å². The van der Waals surface area contributed by atoms with Crippen LogP contribution in [0, 0.1) is 11.7 Å². The Morgan fingerprint density at radius 3 is 2.38 bits per heavy atom. The Hall–Kier alpha value is -5.20. The molecule has 3 saturated heterocycles. The molecule has 5 heterocycles. The minimum atomic E-state index is -4.56. The molecule has 0 spiro atoms. The zero-order valence-corrected chi connectivity index (χ0v) is 28.7. The third-order valence-corrected chi connectivity index (χ3v) is 9.82. The third kappa shape index (κ3) is 8.39. The number of halogens is 4. The van der Waals surface area contributed by atoms with E-state index in [1.165, 1.54) is 24.3 Å². The number of morpholine rings is 1. The number of hydrogen-bond donors (Lipinski definition) is 4. The summed E-state index contributed by atoms with van der Waals surface area (Å²) in [7, 11) is 0. The first-order valence-electron chi connectivity index (χ1n) is 17.4. The first kappa shape index (κ1) is 36.2. The fourth-order valence-electron chi connectivity index (χ4n) is 7.03. The van der Waals surface area contributed by atoms with Gasteiger partial charge in [0.25, 0.3) is 11.5 Å². The summed E-state index contributed by atoms with van der Waals surface area (Å²) in [6.45, 7) is 6.10. The Morgan fingerprint density at radius 1 is 0.962 bits per heavy atom. The Kier molecular flexibility index (Phi) is 10.5. The van der Waals surface area contributed by atoms with E-state index in [-0.39, 0.29) is 34.3 Å². The molecule has 280 valence electrons. The fraction of sp³-hybridized carbons (Fsp3) is 0.429. The third-order valence-electron chi connectivity index (χ3n) is 9.82. The number of hydrogen-bond acceptors (Lipinski definition) is 12. The van der Waals surface area contributed by atoms with E-state index in [1.54, 1.807) is 23.1 Å². The molecule has 5 N–H and O–H groups in total. The van der Waals surface area contributed by atoms with Crippen LogP contribution in [0.25, 0.3) is 11.3 Å². The van der Waals surface area contributed by atoms with Crippen molar-refractivity contribution in [3.63, 3.8) is 0 Å². The van der Waals surface area contributed by atoms with Crippen molar-refractivity contribution in [2.75, 3.05) is 80.6 Å². The number of benzene rings is 2. The molecule has 3 aliphatic heterocycles. The molecular formula is C35H39F4N11O3. The van der Waals surface area contributed by atoms with Gasteiger partial charge in [-0.3, -0.25) is 14.5 Å². The molecule has 0 aliphatic carbocycles. The molecule has 0 bridgehead atoms. The van der Waals surface area contributed by atoms with Crippen LogP contribution in [0.4, 0.5) is 40.4 Å². The van der Waals surface area contributed by atoms with E-state index in [1.807, 2.05) is 4.90 Å². The Labute approximate surface area is 301 Å². The molecule has 3 fully saturated rings. The van der Waals surface area contributed by atoms with Crippen LogP contribution in [0.2, 0.25) is 0 Å². The number of alkyl halides is 3. The molecular weight excluding hydrogens is 698 g/mol. The van der Waals surface area contributed by atoms with Crippen LogP contribution in [-0.4, -0.2) is 102 Å². The number of carbonyl (C=O) groups is 1. The number of primary amides is 1. The predicted octanol–water partition coefficient (Wildman–Crippen LogP) is 3.32. The number of carbonyl (C=O) groups excluding carboxylic acids is 1. The molecule has 3 aliphatic rings. The highest BCUT2D eigenvalue weighted by Crippen LogP contribution is 2.40. The standard InChI is InChI=1S/C35H39F4N11O3/c36-25-18-23(42-34-31(32(40)52)46-47-33(43-34)29-19-41-9-16-53-29)2-5-28(25)50-14-12-48(13-15-50)20-21-7-10-49(11-8-21)27-4-1-22(17-24(27)35(37,38)39)26-3-6-30(51)45-44-26/h1-6,17-18,21,29,41H,7-16,19-20H2,(H2,40,52)(H,45,51)(H,42,43,47). The predicted molar refractivity (Wildman–Crippen MR) is 188 cm³/mol. The van der Waals surface area contributed by atoms with Gasteiger partial charge in [0, 0.05) is 81.9 Å². The van der Waals surface area contributed by atoms with Crippen LogP contribution in [0.3, 0.4) is 0 Å². The minimum absolute atomic E-state index is 0.0575. The summed E-state index contributed by atoms with van der Waals surface area (Å²) in [5.74, 6) is -0.622. The van der Waals surface area contributed by atoms with Crippen LogP contribution < -0.4 is 31.7 Å². The number of aromatic nitrogens is 5. The van der Waals surface area contributed by atoms with Crippen molar-refractivity contribution >= 4 is 28.8 Å². The lowest BCUT2D eigenvalue weighted by Gasteiger charge is -2.40. The topological polar surface area (TPSA) is 171 Å². The zero-order chi connectivity index (χ0) is 37.1. The number of nitrogens with zero attached hydrogens (tertiary/aromatic N) is 7. The lowest BCUT2D eigenvalue weighted by Crippen LogP contribution is -2.49. The first-order chi connectivity index (χ1) is 25.5. The lowest BCUT2D eigenvalue weighted by atomic mass is 9.94. The highest BCUT2D eigenvalue weighted by Gasteiger charge is 2.36. The molecule has 1 amide bonds. The number of aromatic amines is 1. The summed E-state index contributed by atoms with van der Waals surface area (Å²) in [5.41, 5.74) is 5.63. The van der Waals surface area contributed by atoms with Crippen molar-refractivity contribution in [2.45, 2.75) is 25.1 Å². The number of piperazine rings is 1. The molecule has 4 aromatic rings. The fourth-order valence-corrected chi connectivity index (χ4v) is 7.03. The van der Waals surface area contributed by atoms with Gasteiger partial charge in [-0.1, -0.05) is 6.07 Å². The molecule has 2 aromatic heterocycles. The smallest absolute Gasteiger partial charge is 0.371 e. The Balaban J connectivity index is 0.929. The van der Waals surface area contributed by atoms with E-state index in [2.05, 4.69) is 40.9 Å². The SMILES string of the molecule is NC(=O)c1nnc(C2CNCCO2)nc1Nc1ccc(N2CCN(CC3CCN(c4ccc(-c5ccc(=O)[nH]n5)cc4C(F)(F)F)CC3)CC2)c(F)c1. The summed E-state index contributed by atoms with van der Waals surface area (Å²) in [5, 5.41) is 20.2. The van der Waals surface area contributed by atoms with Crippen molar-refractivity contribution in [3.05, 3.63) is 81.8 Å². The summed E-state index contributed by atoms with van der Waals surface area (Å²) < 4.78 is 63.7. The second-order valence-electron chi connectivity index (χ2n) is 13.3. The number of H-pyrrole nitrogens is 1. The number of piperidine rings is 1. The molecule has 1 atom stereocenters. The van der Waals surface area contributed by atoms with Gasteiger partial charge >= 0.3 is 6.18 Å². The molecule has 7 rings (SSSR count). The van der Waals surface area contributed by atoms with Gasteiger partial charge in [0.05, 0.1) is 23.6 Å². The number of anilines is 4. The van der Waals surface area contributed by atoms with Gasteiger partial charge in [-0.2, -0.15) is 18.3 Å². The average Bonchev–Trinajstić information content (AvgIpc) is 3.16. The summed E-state index contributed by atoms with van der Waals surface area (Å²) in [6.07, 6.45) is -3.52. The maximum Gasteiger partial charge on any atom is 0.418 e. The largest absolute Gasteiger partial charge is 0.418 e. The van der Waals surface area contributed by atoms with Crippen LogP contribution in [-0.2, 0) is 10.9 Å². The van der Waals surface area contributed by atoms with Gasteiger partial charge in [0.15, 0.2) is 17.3 Å². The van der Waals surface area contributed by atoms with Crippen LogP contribution in [0.5, 0.6) is 0 Å². The van der Waals surface area contributed by atoms with E-state index in [9.17, 15) is 22.8 Å². The first-order valence-corrected chi connectivity index (χ1v) is 17.4. The maximum atomic E-state index is 15.5. The van der Waals surface area contributed by atoms with Crippen molar-refractivity contribution in [2.24, 2.45) is 11.7 Å². The highest BCUT2D eigenvalue weighted by molar-refractivity contribution is 5.96. The minimum Gasteiger partial charge on any atom is -0.371 e.